The molecule has 0 saturated carbocycles. The van der Waals surface area contributed by atoms with Crippen LogP contribution in [0.5, 0.6) is 0 Å². The third-order valence-electron chi connectivity index (χ3n) is 3.01. The number of hydrogen-bond donors (Lipinski definition) is 1. The molecular formula is C15H13BrO5. The second-order valence-electron chi connectivity index (χ2n) is 4.39. The van der Waals surface area contributed by atoms with Crippen LogP contribution in [-0.4, -0.2) is 35.9 Å². The fourth-order valence-corrected chi connectivity index (χ4v) is 2.12. The lowest BCUT2D eigenvalue weighted by Gasteiger charge is -2.30. The van der Waals surface area contributed by atoms with Gasteiger partial charge in [-0.05, 0) is 36.4 Å². The summed E-state index contributed by atoms with van der Waals surface area (Å²) in [5, 5.41) is 10.3. The van der Waals surface area contributed by atoms with Gasteiger partial charge in [0, 0.05) is 4.47 Å². The highest BCUT2D eigenvalue weighted by Gasteiger charge is 2.45. The minimum Gasteiger partial charge on any atom is -0.467 e. The maximum absolute atomic E-state index is 12.1. The van der Waals surface area contributed by atoms with E-state index in [1.165, 1.54) is 18.2 Å². The SMILES string of the molecule is COC(=O)[C@]1(O)C=CC=C[C@H]1OC(=O)c1ccc(Br)cc1. The molecule has 0 radical (unpaired) electrons. The quantitative estimate of drug-likeness (QED) is 0.842. The highest BCUT2D eigenvalue weighted by Crippen LogP contribution is 2.24. The van der Waals surface area contributed by atoms with Gasteiger partial charge in [-0.25, -0.2) is 9.59 Å². The Morgan fingerprint density at radius 3 is 2.52 bits per heavy atom. The largest absolute Gasteiger partial charge is 0.467 e. The molecule has 0 saturated heterocycles. The van der Waals surface area contributed by atoms with Crippen LogP contribution in [0.3, 0.4) is 0 Å². The molecule has 2 rings (SSSR count). The van der Waals surface area contributed by atoms with Crippen molar-refractivity contribution in [2.24, 2.45) is 0 Å². The molecule has 1 aromatic carbocycles. The zero-order chi connectivity index (χ0) is 15.5. The number of allylic oxidation sites excluding steroid dienone is 2. The van der Waals surface area contributed by atoms with Crippen LogP contribution in [-0.2, 0) is 14.3 Å². The first-order chi connectivity index (χ1) is 9.97. The minimum atomic E-state index is -2.02. The fraction of sp³-hybridized carbons (Fsp3) is 0.200. The van der Waals surface area contributed by atoms with E-state index >= 15 is 0 Å². The van der Waals surface area contributed by atoms with Gasteiger partial charge >= 0.3 is 11.9 Å². The Morgan fingerprint density at radius 1 is 1.24 bits per heavy atom. The van der Waals surface area contributed by atoms with Crippen molar-refractivity contribution in [3.8, 4) is 0 Å². The number of benzene rings is 1. The summed E-state index contributed by atoms with van der Waals surface area (Å²) in [7, 11) is 1.15. The molecule has 0 fully saturated rings. The molecule has 1 N–H and O–H groups in total. The van der Waals surface area contributed by atoms with Crippen molar-refractivity contribution in [2.75, 3.05) is 7.11 Å². The predicted molar refractivity (Wildman–Crippen MR) is 78.6 cm³/mol. The van der Waals surface area contributed by atoms with Gasteiger partial charge < -0.3 is 14.6 Å². The summed E-state index contributed by atoms with van der Waals surface area (Å²) >= 11 is 3.27. The van der Waals surface area contributed by atoms with E-state index in [9.17, 15) is 14.7 Å². The third-order valence-corrected chi connectivity index (χ3v) is 3.54. The molecular weight excluding hydrogens is 340 g/mol. The van der Waals surface area contributed by atoms with E-state index in [4.69, 9.17) is 4.74 Å². The maximum atomic E-state index is 12.1. The maximum Gasteiger partial charge on any atom is 0.346 e. The second kappa shape index (κ2) is 6.24. The van der Waals surface area contributed by atoms with E-state index in [0.29, 0.717) is 5.56 Å². The van der Waals surface area contributed by atoms with E-state index in [1.807, 2.05) is 0 Å². The van der Waals surface area contributed by atoms with Crippen LogP contribution in [0, 0.1) is 0 Å². The van der Waals surface area contributed by atoms with E-state index < -0.39 is 23.6 Å². The monoisotopic (exact) mass is 352 g/mol. The van der Waals surface area contributed by atoms with Crippen molar-refractivity contribution in [3.05, 3.63) is 58.6 Å². The van der Waals surface area contributed by atoms with Gasteiger partial charge in [-0.15, -0.1) is 0 Å². The Labute approximate surface area is 130 Å². The van der Waals surface area contributed by atoms with Gasteiger partial charge in [0.2, 0.25) is 5.60 Å². The standard InChI is InChI=1S/C15H13BrO5/c1-20-14(18)15(19)9-3-2-4-12(15)21-13(17)10-5-7-11(16)8-6-10/h2-9,12,19H,1H3/t12-,15+/m1/s1. The zero-order valence-electron chi connectivity index (χ0n) is 11.2. The summed E-state index contributed by atoms with van der Waals surface area (Å²) in [6, 6.07) is 6.54. The predicted octanol–water partition coefficient (Wildman–Crippen LogP) is 2.00. The van der Waals surface area contributed by atoms with Crippen molar-refractivity contribution in [3.63, 3.8) is 0 Å². The molecule has 0 spiro atoms. The lowest BCUT2D eigenvalue weighted by atomic mass is 9.92. The van der Waals surface area contributed by atoms with Crippen LogP contribution in [0.2, 0.25) is 0 Å². The molecule has 2 atom stereocenters. The molecule has 1 aliphatic rings. The van der Waals surface area contributed by atoms with Gasteiger partial charge in [0.05, 0.1) is 12.7 Å². The van der Waals surface area contributed by atoms with E-state index in [2.05, 4.69) is 20.7 Å². The molecule has 0 aliphatic heterocycles. The van der Waals surface area contributed by atoms with Gasteiger partial charge in [0.15, 0.2) is 6.10 Å². The minimum absolute atomic E-state index is 0.313. The number of halogens is 1. The highest BCUT2D eigenvalue weighted by molar-refractivity contribution is 9.10. The molecule has 1 aliphatic carbocycles. The summed E-state index contributed by atoms with van der Waals surface area (Å²) in [5.74, 6) is -1.54. The van der Waals surface area contributed by atoms with Gasteiger partial charge in [-0.2, -0.15) is 0 Å². The molecule has 0 bridgehead atoms. The number of carbonyl (C=O) groups excluding carboxylic acids is 2. The lowest BCUT2D eigenvalue weighted by Crippen LogP contribution is -2.50. The molecule has 0 unspecified atom stereocenters. The van der Waals surface area contributed by atoms with Crippen molar-refractivity contribution in [1.29, 1.82) is 0 Å². The van der Waals surface area contributed by atoms with E-state index in [-0.39, 0.29) is 0 Å². The first kappa shape index (κ1) is 15.5. The summed E-state index contributed by atoms with van der Waals surface area (Å²) in [5.41, 5.74) is -1.71. The number of ether oxygens (including phenoxy) is 2. The molecule has 5 nitrogen and oxygen atoms in total. The molecule has 110 valence electrons. The summed E-state index contributed by atoms with van der Waals surface area (Å²) in [6.45, 7) is 0. The van der Waals surface area contributed by atoms with Gasteiger partial charge in [0.25, 0.3) is 0 Å². The molecule has 1 aromatic rings. The van der Waals surface area contributed by atoms with Crippen molar-refractivity contribution in [1.82, 2.24) is 0 Å². The molecule has 0 heterocycles. The first-order valence-electron chi connectivity index (χ1n) is 6.11. The van der Waals surface area contributed by atoms with Gasteiger partial charge in [0.1, 0.15) is 0 Å². The van der Waals surface area contributed by atoms with Crippen LogP contribution >= 0.6 is 15.9 Å². The Bertz CT molecular complexity index is 605. The summed E-state index contributed by atoms with van der Waals surface area (Å²) < 4.78 is 10.6. The Balaban J connectivity index is 2.19. The van der Waals surface area contributed by atoms with E-state index in [1.54, 1.807) is 30.3 Å². The fourth-order valence-electron chi connectivity index (χ4n) is 1.86. The highest BCUT2D eigenvalue weighted by atomic mass is 79.9. The van der Waals surface area contributed by atoms with Gasteiger partial charge in [-0.1, -0.05) is 28.1 Å². The average molecular weight is 353 g/mol. The van der Waals surface area contributed by atoms with Crippen molar-refractivity contribution >= 4 is 27.9 Å². The number of methoxy groups -OCH3 is 1. The Kier molecular flexibility index (Phi) is 4.59. The van der Waals surface area contributed by atoms with E-state index in [0.717, 1.165) is 11.6 Å². The molecule has 6 heteroatoms. The summed E-state index contributed by atoms with van der Waals surface area (Å²) in [6.07, 6.45) is 4.58. The van der Waals surface area contributed by atoms with Crippen LogP contribution in [0.15, 0.2) is 53.0 Å². The van der Waals surface area contributed by atoms with Crippen molar-refractivity contribution < 1.29 is 24.2 Å². The number of aliphatic hydroxyl groups is 1. The number of hydrogen-bond acceptors (Lipinski definition) is 5. The normalized spacial score (nSPS) is 23.7. The summed E-state index contributed by atoms with van der Waals surface area (Å²) in [4.78, 5) is 23.8. The number of esters is 2. The smallest absolute Gasteiger partial charge is 0.346 e. The van der Waals surface area contributed by atoms with Gasteiger partial charge in [-0.3, -0.25) is 0 Å². The molecule has 0 amide bonds. The topological polar surface area (TPSA) is 72.8 Å². The second-order valence-corrected chi connectivity index (χ2v) is 5.31. The number of carbonyl (C=O) groups is 2. The lowest BCUT2D eigenvalue weighted by molar-refractivity contribution is -0.164. The Hall–Kier alpha value is -1.92. The molecule has 21 heavy (non-hydrogen) atoms. The van der Waals surface area contributed by atoms with Crippen LogP contribution in [0.25, 0.3) is 0 Å². The van der Waals surface area contributed by atoms with Crippen molar-refractivity contribution in [2.45, 2.75) is 11.7 Å². The molecule has 0 aromatic heterocycles. The van der Waals surface area contributed by atoms with Crippen LogP contribution < -0.4 is 0 Å². The number of rotatable bonds is 3. The third kappa shape index (κ3) is 3.22. The first-order valence-corrected chi connectivity index (χ1v) is 6.90. The van der Waals surface area contributed by atoms with Crippen LogP contribution in [0.4, 0.5) is 0 Å². The zero-order valence-corrected chi connectivity index (χ0v) is 12.7. The average Bonchev–Trinajstić information content (AvgIpc) is 2.49. The Morgan fingerprint density at radius 2 is 1.90 bits per heavy atom. The van der Waals surface area contributed by atoms with Crippen LogP contribution in [0.1, 0.15) is 10.4 Å².